The monoisotopic (exact) mass is 377 g/mol. The Balaban J connectivity index is 2.27. The molecule has 3 N–H and O–H groups in total. The number of carbonyl (C=O) groups excluding carboxylic acids is 2. The Morgan fingerprint density at radius 3 is 2.48 bits per heavy atom. The average Bonchev–Trinajstić information content (AvgIpc) is 2.62. The van der Waals surface area contributed by atoms with Crippen LogP contribution in [-0.2, 0) is 9.53 Å². The Bertz CT molecular complexity index is 701. The number of rotatable bonds is 8. The summed E-state index contributed by atoms with van der Waals surface area (Å²) < 4.78 is 18.4. The van der Waals surface area contributed by atoms with Gasteiger partial charge in [0.15, 0.2) is 0 Å². The van der Waals surface area contributed by atoms with Crippen LogP contribution in [0.1, 0.15) is 45.7 Å². The second kappa shape index (κ2) is 9.50. The standard InChI is InChI=1S/C20H28FN3O3/c1-5-15-17(19(25)27-6-2)16(24-20(26)23-15)11-22-18(12(3)4)13-7-9-14(21)10-8-13/h7-10,12,15,18,22H,5-6,11H2,1-4H3,(H2,23,24,26)/t15-,18-/m1/s1. The van der Waals surface area contributed by atoms with E-state index in [2.05, 4.69) is 29.8 Å². The number of carbonyl (C=O) groups is 2. The van der Waals surface area contributed by atoms with Crippen LogP contribution in [0.5, 0.6) is 0 Å². The topological polar surface area (TPSA) is 79.5 Å². The van der Waals surface area contributed by atoms with Crippen LogP contribution in [0.2, 0.25) is 0 Å². The van der Waals surface area contributed by atoms with Gasteiger partial charge >= 0.3 is 12.0 Å². The number of ether oxygens (including phenoxy) is 1. The molecule has 2 atom stereocenters. The van der Waals surface area contributed by atoms with E-state index < -0.39 is 12.0 Å². The molecule has 1 aromatic rings. The van der Waals surface area contributed by atoms with Gasteiger partial charge in [-0.25, -0.2) is 14.0 Å². The molecule has 0 spiro atoms. The van der Waals surface area contributed by atoms with Gasteiger partial charge in [-0.1, -0.05) is 32.9 Å². The molecule has 2 amide bonds. The summed E-state index contributed by atoms with van der Waals surface area (Å²) in [5.41, 5.74) is 1.89. The molecule has 1 aliphatic heterocycles. The first-order chi connectivity index (χ1) is 12.9. The largest absolute Gasteiger partial charge is 0.463 e. The maximum absolute atomic E-state index is 13.2. The number of urea groups is 1. The van der Waals surface area contributed by atoms with Crippen LogP contribution >= 0.6 is 0 Å². The van der Waals surface area contributed by atoms with E-state index in [9.17, 15) is 14.0 Å². The first kappa shape index (κ1) is 20.9. The quantitative estimate of drug-likeness (QED) is 0.609. The molecule has 0 radical (unpaired) electrons. The van der Waals surface area contributed by atoms with Gasteiger partial charge in [0.05, 0.1) is 18.2 Å². The molecule has 148 valence electrons. The minimum atomic E-state index is -0.434. The highest BCUT2D eigenvalue weighted by Gasteiger charge is 2.31. The summed E-state index contributed by atoms with van der Waals surface area (Å²) in [7, 11) is 0. The van der Waals surface area contributed by atoms with Gasteiger partial charge < -0.3 is 20.7 Å². The van der Waals surface area contributed by atoms with Crippen LogP contribution in [0.15, 0.2) is 35.5 Å². The molecule has 1 aromatic carbocycles. The van der Waals surface area contributed by atoms with Crippen LogP contribution in [0, 0.1) is 11.7 Å². The van der Waals surface area contributed by atoms with Gasteiger partial charge in [-0.05, 0) is 37.0 Å². The van der Waals surface area contributed by atoms with E-state index in [1.54, 1.807) is 19.1 Å². The van der Waals surface area contributed by atoms with Crippen molar-refractivity contribution >= 4 is 12.0 Å². The number of hydrogen-bond donors (Lipinski definition) is 3. The van der Waals surface area contributed by atoms with E-state index in [0.29, 0.717) is 17.7 Å². The van der Waals surface area contributed by atoms with Crippen LogP contribution in [0.4, 0.5) is 9.18 Å². The van der Waals surface area contributed by atoms with Crippen molar-refractivity contribution in [3.8, 4) is 0 Å². The maximum atomic E-state index is 13.2. The lowest BCUT2D eigenvalue weighted by molar-refractivity contribution is -0.139. The number of esters is 1. The smallest absolute Gasteiger partial charge is 0.337 e. The molecular formula is C20H28FN3O3. The molecule has 7 heteroatoms. The van der Waals surface area contributed by atoms with Crippen LogP contribution in [0.25, 0.3) is 0 Å². The molecule has 2 rings (SSSR count). The van der Waals surface area contributed by atoms with Crippen molar-refractivity contribution in [2.45, 2.75) is 46.2 Å². The highest BCUT2D eigenvalue weighted by Crippen LogP contribution is 2.23. The van der Waals surface area contributed by atoms with E-state index in [-0.39, 0.29) is 37.0 Å². The van der Waals surface area contributed by atoms with Crippen molar-refractivity contribution in [1.82, 2.24) is 16.0 Å². The zero-order chi connectivity index (χ0) is 20.0. The minimum absolute atomic E-state index is 0.0617. The molecule has 6 nitrogen and oxygen atoms in total. The Labute approximate surface area is 159 Å². The van der Waals surface area contributed by atoms with Crippen LogP contribution in [0.3, 0.4) is 0 Å². The second-order valence-electron chi connectivity index (χ2n) is 6.83. The number of hydrogen-bond acceptors (Lipinski definition) is 4. The minimum Gasteiger partial charge on any atom is -0.463 e. The molecule has 1 heterocycles. The molecule has 0 bridgehead atoms. The van der Waals surface area contributed by atoms with E-state index in [1.165, 1.54) is 12.1 Å². The van der Waals surface area contributed by atoms with Gasteiger partial charge in [0, 0.05) is 18.3 Å². The first-order valence-corrected chi connectivity index (χ1v) is 9.33. The van der Waals surface area contributed by atoms with E-state index in [1.807, 2.05) is 6.92 Å². The molecule has 0 saturated carbocycles. The average molecular weight is 377 g/mol. The van der Waals surface area contributed by atoms with Gasteiger partial charge in [0.2, 0.25) is 0 Å². The number of benzene rings is 1. The third-order valence-electron chi connectivity index (χ3n) is 4.54. The lowest BCUT2D eigenvalue weighted by atomic mass is 9.95. The van der Waals surface area contributed by atoms with Gasteiger partial charge in [-0.3, -0.25) is 0 Å². The summed E-state index contributed by atoms with van der Waals surface area (Å²) >= 11 is 0. The van der Waals surface area contributed by atoms with Crippen molar-refractivity contribution in [2.24, 2.45) is 5.92 Å². The normalized spacial score (nSPS) is 18.1. The Morgan fingerprint density at radius 2 is 1.93 bits per heavy atom. The predicted octanol–water partition coefficient (Wildman–Crippen LogP) is 3.02. The van der Waals surface area contributed by atoms with Gasteiger partial charge in [-0.2, -0.15) is 0 Å². The zero-order valence-corrected chi connectivity index (χ0v) is 16.3. The molecule has 1 aliphatic rings. The lowest BCUT2D eigenvalue weighted by Crippen LogP contribution is -2.52. The third-order valence-corrected chi connectivity index (χ3v) is 4.54. The number of halogens is 1. The molecular weight excluding hydrogens is 349 g/mol. The predicted molar refractivity (Wildman–Crippen MR) is 101 cm³/mol. The van der Waals surface area contributed by atoms with E-state index in [4.69, 9.17) is 4.74 Å². The SMILES string of the molecule is CCOC(=O)C1=C(CN[C@@H](c2ccc(F)cc2)C(C)C)NC(=O)N[C@@H]1CC. The fourth-order valence-corrected chi connectivity index (χ4v) is 3.22. The zero-order valence-electron chi connectivity index (χ0n) is 16.3. The number of nitrogens with one attached hydrogen (secondary N) is 3. The summed E-state index contributed by atoms with van der Waals surface area (Å²) in [4.78, 5) is 24.4. The maximum Gasteiger partial charge on any atom is 0.337 e. The van der Waals surface area contributed by atoms with Crippen molar-refractivity contribution in [3.05, 3.63) is 46.9 Å². The van der Waals surface area contributed by atoms with Crippen molar-refractivity contribution in [3.63, 3.8) is 0 Å². The summed E-state index contributed by atoms with van der Waals surface area (Å²) in [6.07, 6.45) is 0.580. The van der Waals surface area contributed by atoms with Crippen LogP contribution in [-0.4, -0.2) is 31.2 Å². The molecule has 0 saturated heterocycles. The van der Waals surface area contributed by atoms with Gasteiger partial charge in [0.25, 0.3) is 0 Å². The second-order valence-corrected chi connectivity index (χ2v) is 6.83. The third kappa shape index (κ3) is 5.29. The Hall–Kier alpha value is -2.41. The van der Waals surface area contributed by atoms with E-state index >= 15 is 0 Å². The summed E-state index contributed by atoms with van der Waals surface area (Å²) in [6, 6.07) is 5.54. The summed E-state index contributed by atoms with van der Waals surface area (Å²) in [5, 5.41) is 8.87. The van der Waals surface area contributed by atoms with Crippen molar-refractivity contribution in [2.75, 3.05) is 13.2 Å². The molecule has 0 fully saturated rings. The van der Waals surface area contributed by atoms with Crippen molar-refractivity contribution in [1.29, 1.82) is 0 Å². The number of amides is 2. The summed E-state index contributed by atoms with van der Waals surface area (Å²) in [5.74, 6) is -0.497. The summed E-state index contributed by atoms with van der Waals surface area (Å²) in [6.45, 7) is 8.30. The van der Waals surface area contributed by atoms with E-state index in [0.717, 1.165) is 5.56 Å². The highest BCUT2D eigenvalue weighted by molar-refractivity contribution is 5.94. The lowest BCUT2D eigenvalue weighted by Gasteiger charge is -2.30. The fourth-order valence-electron chi connectivity index (χ4n) is 3.22. The first-order valence-electron chi connectivity index (χ1n) is 9.33. The molecule has 0 aliphatic carbocycles. The van der Waals surface area contributed by atoms with Crippen LogP contribution < -0.4 is 16.0 Å². The van der Waals surface area contributed by atoms with Gasteiger partial charge in [-0.15, -0.1) is 0 Å². The Kier molecular flexibility index (Phi) is 7.36. The molecule has 27 heavy (non-hydrogen) atoms. The Morgan fingerprint density at radius 1 is 1.26 bits per heavy atom. The molecule has 0 unspecified atom stereocenters. The highest BCUT2D eigenvalue weighted by atomic mass is 19.1. The van der Waals surface area contributed by atoms with Gasteiger partial charge in [0.1, 0.15) is 5.82 Å². The molecule has 0 aromatic heterocycles. The fraction of sp³-hybridized carbons (Fsp3) is 0.500. The van der Waals surface area contributed by atoms with Crippen molar-refractivity contribution < 1.29 is 18.7 Å².